The summed E-state index contributed by atoms with van der Waals surface area (Å²) in [5, 5.41) is 14.0. The average Bonchev–Trinajstić information content (AvgIpc) is 2.74. The molecule has 2 aromatic carbocycles. The van der Waals surface area contributed by atoms with Gasteiger partial charge in [0.05, 0.1) is 24.7 Å². The number of ether oxygens (including phenoxy) is 3. The van der Waals surface area contributed by atoms with E-state index in [4.69, 9.17) is 14.2 Å². The Bertz CT molecular complexity index is 980. The lowest BCUT2D eigenvalue weighted by Gasteiger charge is -2.19. The fourth-order valence-corrected chi connectivity index (χ4v) is 2.90. The monoisotopic (exact) mass is 430 g/mol. The standard InChI is InChI=1S/C22H26N2O7/c1-22(2,3)16-8-7-15(11-17(16)24(27)28)21(26)31-13-20(25)23-12-14-6-9-18(29-4)19(10-14)30-5/h6-11H,12-13H2,1-5H3,(H,23,25). The Labute approximate surface area is 180 Å². The third kappa shape index (κ3) is 6.18. The number of amides is 1. The number of hydrogen-bond acceptors (Lipinski definition) is 7. The van der Waals surface area contributed by atoms with E-state index in [1.165, 1.54) is 32.4 Å². The number of esters is 1. The summed E-state index contributed by atoms with van der Waals surface area (Å²) in [6.45, 7) is 5.21. The first-order valence-electron chi connectivity index (χ1n) is 9.50. The highest BCUT2D eigenvalue weighted by molar-refractivity contribution is 5.92. The zero-order valence-electron chi connectivity index (χ0n) is 18.2. The van der Waals surface area contributed by atoms with Crippen molar-refractivity contribution in [2.45, 2.75) is 32.7 Å². The molecule has 0 aliphatic heterocycles. The van der Waals surface area contributed by atoms with Crippen molar-refractivity contribution in [1.29, 1.82) is 0 Å². The fraction of sp³-hybridized carbons (Fsp3) is 0.364. The van der Waals surface area contributed by atoms with Crippen LogP contribution in [0.5, 0.6) is 11.5 Å². The number of carbonyl (C=O) groups excluding carboxylic acids is 2. The molecule has 0 saturated heterocycles. The Balaban J connectivity index is 1.97. The lowest BCUT2D eigenvalue weighted by molar-refractivity contribution is -0.386. The van der Waals surface area contributed by atoms with E-state index in [0.29, 0.717) is 17.1 Å². The van der Waals surface area contributed by atoms with Crippen molar-refractivity contribution < 1.29 is 28.7 Å². The van der Waals surface area contributed by atoms with Crippen LogP contribution in [0.1, 0.15) is 42.3 Å². The minimum Gasteiger partial charge on any atom is -0.493 e. The van der Waals surface area contributed by atoms with Gasteiger partial charge in [0.2, 0.25) is 0 Å². The highest BCUT2D eigenvalue weighted by atomic mass is 16.6. The van der Waals surface area contributed by atoms with Crippen molar-refractivity contribution in [3.05, 3.63) is 63.2 Å². The third-order valence-corrected chi connectivity index (χ3v) is 4.51. The summed E-state index contributed by atoms with van der Waals surface area (Å²) in [6.07, 6.45) is 0. The average molecular weight is 430 g/mol. The molecule has 2 rings (SSSR count). The van der Waals surface area contributed by atoms with Gasteiger partial charge in [0.1, 0.15) is 0 Å². The van der Waals surface area contributed by atoms with Crippen molar-refractivity contribution in [3.8, 4) is 11.5 Å². The minimum atomic E-state index is -0.815. The van der Waals surface area contributed by atoms with Gasteiger partial charge in [-0.2, -0.15) is 0 Å². The number of rotatable bonds is 8. The van der Waals surface area contributed by atoms with E-state index >= 15 is 0 Å². The van der Waals surface area contributed by atoms with Gasteiger partial charge in [0.15, 0.2) is 18.1 Å². The number of nitro benzene ring substituents is 1. The largest absolute Gasteiger partial charge is 0.493 e. The topological polar surface area (TPSA) is 117 Å². The second-order valence-electron chi connectivity index (χ2n) is 7.78. The first-order valence-corrected chi connectivity index (χ1v) is 9.50. The molecule has 0 fully saturated rings. The lowest BCUT2D eigenvalue weighted by Crippen LogP contribution is -2.28. The maximum absolute atomic E-state index is 12.3. The van der Waals surface area contributed by atoms with Crippen molar-refractivity contribution >= 4 is 17.6 Å². The number of hydrogen-bond donors (Lipinski definition) is 1. The summed E-state index contributed by atoms with van der Waals surface area (Å²) in [6, 6.07) is 9.37. The van der Waals surface area contributed by atoms with Gasteiger partial charge in [-0.05, 0) is 29.2 Å². The van der Waals surface area contributed by atoms with Crippen LogP contribution in [0.15, 0.2) is 36.4 Å². The molecule has 0 aliphatic carbocycles. The second-order valence-corrected chi connectivity index (χ2v) is 7.78. The van der Waals surface area contributed by atoms with Crippen LogP contribution in [0, 0.1) is 10.1 Å². The zero-order chi connectivity index (χ0) is 23.2. The van der Waals surface area contributed by atoms with E-state index in [1.54, 1.807) is 18.2 Å². The molecule has 1 amide bonds. The number of benzene rings is 2. The number of carbonyl (C=O) groups is 2. The summed E-state index contributed by atoms with van der Waals surface area (Å²) in [4.78, 5) is 35.1. The molecule has 0 unspecified atom stereocenters. The van der Waals surface area contributed by atoms with Crippen LogP contribution in [0.3, 0.4) is 0 Å². The van der Waals surface area contributed by atoms with Gasteiger partial charge in [-0.3, -0.25) is 14.9 Å². The molecule has 0 heterocycles. The van der Waals surface area contributed by atoms with Gasteiger partial charge in [0.25, 0.3) is 11.6 Å². The van der Waals surface area contributed by atoms with Crippen LogP contribution in [0.2, 0.25) is 0 Å². The third-order valence-electron chi connectivity index (χ3n) is 4.51. The van der Waals surface area contributed by atoms with Crippen LogP contribution in [-0.2, 0) is 21.5 Å². The summed E-state index contributed by atoms with van der Waals surface area (Å²) in [5.41, 5.74) is 0.647. The molecule has 0 atom stereocenters. The van der Waals surface area contributed by atoms with E-state index in [-0.39, 0.29) is 17.8 Å². The molecule has 9 heteroatoms. The molecule has 0 radical (unpaired) electrons. The first kappa shape index (κ1) is 23.7. The van der Waals surface area contributed by atoms with Gasteiger partial charge < -0.3 is 19.5 Å². The predicted octanol–water partition coefficient (Wildman–Crippen LogP) is 3.38. The quantitative estimate of drug-likeness (QED) is 0.387. The molecule has 9 nitrogen and oxygen atoms in total. The van der Waals surface area contributed by atoms with E-state index in [0.717, 1.165) is 5.56 Å². The molecule has 0 spiro atoms. The predicted molar refractivity (Wildman–Crippen MR) is 113 cm³/mol. The van der Waals surface area contributed by atoms with Crippen LogP contribution in [-0.4, -0.2) is 37.6 Å². The van der Waals surface area contributed by atoms with Gasteiger partial charge in [-0.25, -0.2) is 4.79 Å². The Kier molecular flexibility index (Phi) is 7.57. The normalized spacial score (nSPS) is 10.9. The van der Waals surface area contributed by atoms with E-state index < -0.39 is 28.8 Å². The summed E-state index contributed by atoms with van der Waals surface area (Å²) in [7, 11) is 3.04. The van der Waals surface area contributed by atoms with Gasteiger partial charge in [-0.1, -0.05) is 32.9 Å². The molecular weight excluding hydrogens is 404 g/mol. The number of methoxy groups -OCH3 is 2. The van der Waals surface area contributed by atoms with Crippen LogP contribution in [0.25, 0.3) is 0 Å². The number of nitrogens with one attached hydrogen (secondary N) is 1. The Hall–Kier alpha value is -3.62. The minimum absolute atomic E-state index is 0.00684. The smallest absolute Gasteiger partial charge is 0.338 e. The van der Waals surface area contributed by atoms with Crippen LogP contribution < -0.4 is 14.8 Å². The molecule has 0 saturated carbocycles. The maximum atomic E-state index is 12.3. The number of nitro groups is 1. The van der Waals surface area contributed by atoms with Crippen molar-refractivity contribution in [3.63, 3.8) is 0 Å². The lowest BCUT2D eigenvalue weighted by atomic mass is 9.85. The number of nitrogens with zero attached hydrogens (tertiary/aromatic N) is 1. The molecule has 1 N–H and O–H groups in total. The van der Waals surface area contributed by atoms with Crippen molar-refractivity contribution in [1.82, 2.24) is 5.32 Å². The molecule has 0 aliphatic rings. The highest BCUT2D eigenvalue weighted by Gasteiger charge is 2.26. The van der Waals surface area contributed by atoms with Crippen LogP contribution >= 0.6 is 0 Å². The molecule has 0 bridgehead atoms. The SMILES string of the molecule is COc1ccc(CNC(=O)COC(=O)c2ccc(C(C)(C)C)c([N+](=O)[O-])c2)cc1OC. The van der Waals surface area contributed by atoms with E-state index in [1.807, 2.05) is 20.8 Å². The fourth-order valence-electron chi connectivity index (χ4n) is 2.90. The summed E-state index contributed by atoms with van der Waals surface area (Å²) in [5.74, 6) is -0.229. The van der Waals surface area contributed by atoms with Crippen molar-refractivity contribution in [2.75, 3.05) is 20.8 Å². The van der Waals surface area contributed by atoms with Crippen molar-refractivity contribution in [2.24, 2.45) is 0 Å². The summed E-state index contributed by atoms with van der Waals surface area (Å²) < 4.78 is 15.4. The van der Waals surface area contributed by atoms with E-state index in [9.17, 15) is 19.7 Å². The molecule has 2 aromatic rings. The Morgan fingerprint density at radius 1 is 1.03 bits per heavy atom. The van der Waals surface area contributed by atoms with Gasteiger partial charge in [-0.15, -0.1) is 0 Å². The molecule has 166 valence electrons. The summed E-state index contributed by atoms with van der Waals surface area (Å²) >= 11 is 0. The first-order chi connectivity index (χ1) is 14.6. The second kappa shape index (κ2) is 9.92. The molecular formula is C22H26N2O7. The maximum Gasteiger partial charge on any atom is 0.338 e. The van der Waals surface area contributed by atoms with E-state index in [2.05, 4.69) is 5.32 Å². The highest BCUT2D eigenvalue weighted by Crippen LogP contribution is 2.32. The van der Waals surface area contributed by atoms with Crippen LogP contribution in [0.4, 0.5) is 5.69 Å². The molecule has 0 aromatic heterocycles. The Morgan fingerprint density at radius 3 is 2.29 bits per heavy atom. The Morgan fingerprint density at radius 2 is 1.71 bits per heavy atom. The molecule has 31 heavy (non-hydrogen) atoms. The van der Waals surface area contributed by atoms with Gasteiger partial charge in [0, 0.05) is 18.2 Å². The zero-order valence-corrected chi connectivity index (χ0v) is 18.2. The van der Waals surface area contributed by atoms with Gasteiger partial charge >= 0.3 is 5.97 Å².